The summed E-state index contributed by atoms with van der Waals surface area (Å²) in [6, 6.07) is 12.1. The minimum atomic E-state index is -0.161. The smallest absolute Gasteiger partial charge is 0.268 e. The highest BCUT2D eigenvalue weighted by Crippen LogP contribution is 2.30. The van der Waals surface area contributed by atoms with Crippen LogP contribution in [0.4, 0.5) is 11.5 Å². The third-order valence-corrected chi connectivity index (χ3v) is 6.40. The molecule has 148 valence electrons. The molecule has 0 saturated heterocycles. The second kappa shape index (κ2) is 8.18. The lowest BCUT2D eigenvalue weighted by molar-refractivity contribution is 0.102. The molecule has 1 amide bonds. The van der Waals surface area contributed by atoms with Gasteiger partial charge in [0.1, 0.15) is 15.7 Å². The lowest BCUT2D eigenvalue weighted by atomic mass is 10.2. The molecule has 4 aromatic rings. The van der Waals surface area contributed by atoms with Crippen molar-refractivity contribution in [2.75, 3.05) is 24.3 Å². The van der Waals surface area contributed by atoms with E-state index in [1.807, 2.05) is 43.9 Å². The molecule has 0 unspecified atom stereocenters. The number of nitrogens with one attached hydrogen (secondary N) is 1. The predicted molar refractivity (Wildman–Crippen MR) is 120 cm³/mol. The normalized spacial score (nSPS) is 10.9. The zero-order chi connectivity index (χ0) is 20.4. The third kappa shape index (κ3) is 4.23. The lowest BCUT2D eigenvalue weighted by Crippen LogP contribution is -2.16. The summed E-state index contributed by atoms with van der Waals surface area (Å²) in [5.41, 5.74) is 4.04. The first kappa shape index (κ1) is 19.4. The van der Waals surface area contributed by atoms with Gasteiger partial charge < -0.3 is 10.2 Å². The van der Waals surface area contributed by atoms with Crippen molar-refractivity contribution in [2.45, 2.75) is 13.5 Å². The maximum absolute atomic E-state index is 12.9. The molecule has 0 saturated carbocycles. The van der Waals surface area contributed by atoms with Gasteiger partial charge in [0.25, 0.3) is 5.91 Å². The van der Waals surface area contributed by atoms with E-state index in [9.17, 15) is 4.79 Å². The number of anilines is 2. The highest BCUT2D eigenvalue weighted by molar-refractivity contribution is 7.17. The Kier molecular flexibility index (Phi) is 5.46. The lowest BCUT2D eigenvalue weighted by Gasteiger charge is -2.13. The SMILES string of the molecule is Cc1nc(-c2ccsc2)sc1C(=O)Nc1ccnn1Cc1ccc(N(C)C)cc1. The zero-order valence-corrected chi connectivity index (χ0v) is 18.0. The van der Waals surface area contributed by atoms with Gasteiger partial charge in [0, 0.05) is 36.8 Å². The molecule has 0 spiro atoms. The Balaban J connectivity index is 1.50. The van der Waals surface area contributed by atoms with E-state index >= 15 is 0 Å². The van der Waals surface area contributed by atoms with Gasteiger partial charge in [-0.1, -0.05) is 12.1 Å². The molecule has 0 fully saturated rings. The first-order chi connectivity index (χ1) is 14.0. The van der Waals surface area contributed by atoms with Crippen LogP contribution in [-0.2, 0) is 6.54 Å². The van der Waals surface area contributed by atoms with Crippen LogP contribution < -0.4 is 10.2 Å². The van der Waals surface area contributed by atoms with Crippen molar-refractivity contribution in [1.82, 2.24) is 14.8 Å². The summed E-state index contributed by atoms with van der Waals surface area (Å²) in [5.74, 6) is 0.503. The topological polar surface area (TPSA) is 63.1 Å². The summed E-state index contributed by atoms with van der Waals surface area (Å²) in [7, 11) is 4.03. The van der Waals surface area contributed by atoms with Crippen molar-refractivity contribution < 1.29 is 4.79 Å². The molecule has 3 heterocycles. The molecule has 0 radical (unpaired) electrons. The van der Waals surface area contributed by atoms with Crippen molar-refractivity contribution >= 4 is 40.1 Å². The first-order valence-electron chi connectivity index (χ1n) is 9.10. The molecular formula is C21H21N5OS2. The molecule has 0 atom stereocenters. The van der Waals surface area contributed by atoms with Gasteiger partial charge in [-0.25, -0.2) is 9.67 Å². The maximum atomic E-state index is 12.9. The van der Waals surface area contributed by atoms with Gasteiger partial charge in [0.05, 0.1) is 18.4 Å². The Morgan fingerprint density at radius 1 is 1.17 bits per heavy atom. The highest BCUT2D eigenvalue weighted by atomic mass is 32.1. The number of benzene rings is 1. The average Bonchev–Trinajstić information content (AvgIpc) is 3.44. The van der Waals surface area contributed by atoms with Crippen LogP contribution in [0.3, 0.4) is 0 Å². The molecule has 6 nitrogen and oxygen atoms in total. The summed E-state index contributed by atoms with van der Waals surface area (Å²) in [6.45, 7) is 2.45. The monoisotopic (exact) mass is 423 g/mol. The van der Waals surface area contributed by atoms with Gasteiger partial charge in [-0.2, -0.15) is 16.4 Å². The maximum Gasteiger partial charge on any atom is 0.268 e. The molecule has 0 aliphatic rings. The fourth-order valence-electron chi connectivity index (χ4n) is 2.93. The number of carbonyl (C=O) groups excluding carboxylic acids is 1. The fraction of sp³-hybridized carbons (Fsp3) is 0.190. The van der Waals surface area contributed by atoms with Crippen LogP contribution in [0.5, 0.6) is 0 Å². The number of carbonyl (C=O) groups is 1. The number of rotatable bonds is 6. The summed E-state index contributed by atoms with van der Waals surface area (Å²) < 4.78 is 1.79. The van der Waals surface area contributed by atoms with Crippen molar-refractivity contribution in [2.24, 2.45) is 0 Å². The standard InChI is InChI=1S/C21H21N5OS2/c1-14-19(29-21(23-14)16-9-11-28-13-16)20(27)24-18-8-10-22-26(18)12-15-4-6-17(7-5-15)25(2)3/h4-11,13H,12H2,1-3H3,(H,24,27). The molecule has 0 aliphatic heterocycles. The molecule has 29 heavy (non-hydrogen) atoms. The van der Waals surface area contributed by atoms with Gasteiger partial charge in [-0.15, -0.1) is 11.3 Å². The number of thiazole rings is 1. The van der Waals surface area contributed by atoms with Gasteiger partial charge in [-0.3, -0.25) is 4.79 Å². The van der Waals surface area contributed by atoms with E-state index in [0.717, 1.165) is 27.5 Å². The Bertz CT molecular complexity index is 1110. The van der Waals surface area contributed by atoms with Gasteiger partial charge in [0.2, 0.25) is 0 Å². The summed E-state index contributed by atoms with van der Waals surface area (Å²) in [4.78, 5) is 20.1. The van der Waals surface area contributed by atoms with Crippen LogP contribution in [0.15, 0.2) is 53.4 Å². The van der Waals surface area contributed by atoms with Gasteiger partial charge in [0.15, 0.2) is 0 Å². The Morgan fingerprint density at radius 3 is 2.66 bits per heavy atom. The molecule has 0 aliphatic carbocycles. The molecule has 4 rings (SSSR count). The summed E-state index contributed by atoms with van der Waals surface area (Å²) in [5, 5.41) is 12.3. The van der Waals surface area contributed by atoms with Crippen LogP contribution in [-0.4, -0.2) is 34.8 Å². The van der Waals surface area contributed by atoms with Crippen LogP contribution >= 0.6 is 22.7 Å². The van der Waals surface area contributed by atoms with Gasteiger partial charge >= 0.3 is 0 Å². The quantitative estimate of drug-likeness (QED) is 0.486. The Hall–Kier alpha value is -2.97. The van der Waals surface area contributed by atoms with Crippen molar-refractivity contribution in [3.63, 3.8) is 0 Å². The summed E-state index contributed by atoms with van der Waals surface area (Å²) in [6.07, 6.45) is 1.69. The molecule has 3 aromatic heterocycles. The van der Waals surface area contributed by atoms with E-state index in [-0.39, 0.29) is 5.91 Å². The van der Waals surface area contributed by atoms with E-state index < -0.39 is 0 Å². The molecule has 1 aromatic carbocycles. The van der Waals surface area contributed by atoms with Crippen LogP contribution in [0.2, 0.25) is 0 Å². The van der Waals surface area contributed by atoms with Crippen molar-refractivity contribution in [3.8, 4) is 10.6 Å². The summed E-state index contributed by atoms with van der Waals surface area (Å²) >= 11 is 3.03. The second-order valence-electron chi connectivity index (χ2n) is 6.83. The van der Waals surface area contributed by atoms with Crippen molar-refractivity contribution in [1.29, 1.82) is 0 Å². The number of hydrogen-bond acceptors (Lipinski definition) is 6. The predicted octanol–water partition coefficient (Wildman–Crippen LogP) is 4.74. The number of aryl methyl sites for hydroxylation is 1. The molecule has 1 N–H and O–H groups in total. The molecular weight excluding hydrogens is 402 g/mol. The Labute approximate surface area is 177 Å². The number of thiophene rings is 1. The number of aromatic nitrogens is 3. The van der Waals surface area contributed by atoms with Gasteiger partial charge in [-0.05, 0) is 36.1 Å². The number of amides is 1. The molecule has 0 bridgehead atoms. The molecule has 8 heteroatoms. The fourth-order valence-corrected chi connectivity index (χ4v) is 4.60. The van der Waals surface area contributed by atoms with E-state index in [0.29, 0.717) is 17.2 Å². The van der Waals surface area contributed by atoms with E-state index in [2.05, 4.69) is 44.6 Å². The van der Waals surface area contributed by atoms with Crippen LogP contribution in [0.25, 0.3) is 10.6 Å². The van der Waals surface area contributed by atoms with E-state index in [1.54, 1.807) is 22.2 Å². The average molecular weight is 424 g/mol. The van der Waals surface area contributed by atoms with Crippen LogP contribution in [0, 0.1) is 6.92 Å². The number of hydrogen-bond donors (Lipinski definition) is 1. The Morgan fingerprint density at radius 2 is 1.97 bits per heavy atom. The minimum absolute atomic E-state index is 0.161. The van der Waals surface area contributed by atoms with Crippen LogP contribution in [0.1, 0.15) is 20.9 Å². The largest absolute Gasteiger partial charge is 0.378 e. The second-order valence-corrected chi connectivity index (χ2v) is 8.61. The minimum Gasteiger partial charge on any atom is -0.378 e. The number of nitrogens with zero attached hydrogens (tertiary/aromatic N) is 4. The highest BCUT2D eigenvalue weighted by Gasteiger charge is 2.18. The van der Waals surface area contributed by atoms with E-state index in [4.69, 9.17) is 0 Å². The van der Waals surface area contributed by atoms with Crippen molar-refractivity contribution in [3.05, 3.63) is 69.5 Å². The van der Waals surface area contributed by atoms with E-state index in [1.165, 1.54) is 11.3 Å². The zero-order valence-electron chi connectivity index (χ0n) is 16.4. The third-order valence-electron chi connectivity index (χ3n) is 4.51. The first-order valence-corrected chi connectivity index (χ1v) is 10.9.